The second-order valence-electron chi connectivity index (χ2n) is 3.34. The van der Waals surface area contributed by atoms with E-state index in [0.717, 1.165) is 0 Å². The van der Waals surface area contributed by atoms with Crippen LogP contribution in [0.3, 0.4) is 0 Å². The molecule has 1 rings (SSSR count). The van der Waals surface area contributed by atoms with Crippen LogP contribution in [0.2, 0.25) is 0 Å². The molecule has 0 aromatic carbocycles. The van der Waals surface area contributed by atoms with Crippen LogP contribution in [0.25, 0.3) is 0 Å². The van der Waals surface area contributed by atoms with Gasteiger partial charge in [0, 0.05) is 0 Å². The van der Waals surface area contributed by atoms with Crippen molar-refractivity contribution in [1.82, 2.24) is 0 Å². The van der Waals surface area contributed by atoms with Crippen molar-refractivity contribution in [2.45, 2.75) is 45.2 Å². The normalized spacial score (nSPS) is 33.6. The monoisotopic (exact) mass is 174 g/mol. The molecule has 1 saturated heterocycles. The lowest BCUT2D eigenvalue weighted by molar-refractivity contribution is -0.165. The van der Waals surface area contributed by atoms with E-state index in [1.54, 1.807) is 13.8 Å². The van der Waals surface area contributed by atoms with Crippen molar-refractivity contribution in [1.29, 1.82) is 0 Å². The lowest BCUT2D eigenvalue weighted by Gasteiger charge is -2.15. The van der Waals surface area contributed by atoms with Crippen molar-refractivity contribution >= 4 is 5.97 Å². The summed E-state index contributed by atoms with van der Waals surface area (Å²) < 4.78 is 10.6. The molecule has 1 fully saturated rings. The number of hydrogen-bond acceptors (Lipinski definition) is 3. The Kier molecular flexibility index (Phi) is 2.39. The molecule has 2 unspecified atom stereocenters. The van der Waals surface area contributed by atoms with Crippen LogP contribution in [0.15, 0.2) is 0 Å². The van der Waals surface area contributed by atoms with E-state index in [4.69, 9.17) is 14.6 Å². The topological polar surface area (TPSA) is 55.8 Å². The Bertz CT molecular complexity index is 187. The minimum Gasteiger partial charge on any atom is -0.479 e. The van der Waals surface area contributed by atoms with Gasteiger partial charge in [0.2, 0.25) is 0 Å². The Labute approximate surface area is 71.5 Å². The molecule has 0 spiro atoms. The maximum atomic E-state index is 10.7. The van der Waals surface area contributed by atoms with Crippen molar-refractivity contribution < 1.29 is 19.4 Å². The predicted octanol–water partition coefficient (Wildman–Crippen LogP) is 1.00. The van der Waals surface area contributed by atoms with Crippen molar-refractivity contribution in [3.05, 3.63) is 0 Å². The first-order chi connectivity index (χ1) is 5.46. The van der Waals surface area contributed by atoms with Gasteiger partial charge in [-0.2, -0.15) is 0 Å². The second-order valence-corrected chi connectivity index (χ2v) is 3.34. The number of ether oxygens (including phenoxy) is 2. The van der Waals surface area contributed by atoms with Gasteiger partial charge in [-0.25, -0.2) is 4.79 Å². The van der Waals surface area contributed by atoms with Gasteiger partial charge < -0.3 is 14.6 Å². The fraction of sp³-hybridized carbons (Fsp3) is 0.875. The zero-order valence-electron chi connectivity index (χ0n) is 7.53. The Balaban J connectivity index is 2.69. The quantitative estimate of drug-likeness (QED) is 0.678. The maximum absolute atomic E-state index is 10.7. The average molecular weight is 174 g/mol. The van der Waals surface area contributed by atoms with Gasteiger partial charge in [-0.3, -0.25) is 0 Å². The van der Waals surface area contributed by atoms with Crippen molar-refractivity contribution in [2.24, 2.45) is 0 Å². The van der Waals surface area contributed by atoms with Crippen LogP contribution in [0.5, 0.6) is 0 Å². The first kappa shape index (κ1) is 9.48. The summed E-state index contributed by atoms with van der Waals surface area (Å²) in [5.41, 5.74) is 0. The van der Waals surface area contributed by atoms with E-state index in [9.17, 15) is 4.79 Å². The third-order valence-corrected chi connectivity index (χ3v) is 1.83. The number of hydrogen-bond donors (Lipinski definition) is 1. The second kappa shape index (κ2) is 3.03. The maximum Gasteiger partial charge on any atom is 0.335 e. The molecular weight excluding hydrogens is 160 g/mol. The molecule has 0 bridgehead atoms. The van der Waals surface area contributed by atoms with E-state index >= 15 is 0 Å². The Hall–Kier alpha value is -0.610. The van der Waals surface area contributed by atoms with Crippen LogP contribution in [-0.4, -0.2) is 29.1 Å². The highest BCUT2D eigenvalue weighted by molar-refractivity contribution is 5.73. The first-order valence-electron chi connectivity index (χ1n) is 4.04. The van der Waals surface area contributed by atoms with Crippen LogP contribution in [0.4, 0.5) is 0 Å². The van der Waals surface area contributed by atoms with Gasteiger partial charge in [-0.15, -0.1) is 0 Å². The molecule has 0 aromatic heterocycles. The van der Waals surface area contributed by atoms with Gasteiger partial charge in [0.25, 0.3) is 0 Å². The standard InChI is InChI=1S/C8H14O4/c1-4-5-6(7(9)10)12-8(2,3)11-5/h5-6H,4H2,1-3H3,(H,9,10). The third kappa shape index (κ3) is 1.76. The van der Waals surface area contributed by atoms with Crippen LogP contribution in [0.1, 0.15) is 27.2 Å². The minimum absolute atomic E-state index is 0.322. The highest BCUT2D eigenvalue weighted by Crippen LogP contribution is 2.29. The number of carbonyl (C=O) groups is 1. The molecule has 4 nitrogen and oxygen atoms in total. The van der Waals surface area contributed by atoms with E-state index in [0.29, 0.717) is 6.42 Å². The molecule has 1 aliphatic rings. The van der Waals surface area contributed by atoms with E-state index in [2.05, 4.69) is 0 Å². The first-order valence-corrected chi connectivity index (χ1v) is 4.04. The summed E-state index contributed by atoms with van der Waals surface area (Å²) in [7, 11) is 0. The lowest BCUT2D eigenvalue weighted by atomic mass is 10.1. The fourth-order valence-corrected chi connectivity index (χ4v) is 1.34. The molecule has 70 valence electrons. The Morgan fingerprint density at radius 2 is 2.08 bits per heavy atom. The molecule has 0 amide bonds. The van der Waals surface area contributed by atoms with Gasteiger partial charge in [-0.1, -0.05) is 6.92 Å². The Morgan fingerprint density at radius 3 is 2.42 bits per heavy atom. The van der Waals surface area contributed by atoms with Crippen LogP contribution in [0, 0.1) is 0 Å². The van der Waals surface area contributed by atoms with Gasteiger partial charge in [0.1, 0.15) is 0 Å². The summed E-state index contributed by atoms with van der Waals surface area (Å²) in [6.07, 6.45) is -0.483. The molecule has 0 radical (unpaired) electrons. The summed E-state index contributed by atoms with van der Waals surface area (Å²) in [5, 5.41) is 8.74. The molecule has 2 atom stereocenters. The lowest BCUT2D eigenvalue weighted by Crippen LogP contribution is -2.30. The van der Waals surface area contributed by atoms with Crippen LogP contribution in [-0.2, 0) is 14.3 Å². The summed E-state index contributed by atoms with van der Waals surface area (Å²) in [4.78, 5) is 10.7. The predicted molar refractivity (Wildman–Crippen MR) is 41.8 cm³/mol. The van der Waals surface area contributed by atoms with Crippen molar-refractivity contribution in [2.75, 3.05) is 0 Å². The van der Waals surface area contributed by atoms with E-state index in [1.807, 2.05) is 6.92 Å². The SMILES string of the molecule is CCC1OC(C)(C)OC1C(=O)O. The van der Waals surface area contributed by atoms with Gasteiger partial charge >= 0.3 is 5.97 Å². The molecule has 0 aliphatic carbocycles. The highest BCUT2D eigenvalue weighted by atomic mass is 16.8. The fourth-order valence-electron chi connectivity index (χ4n) is 1.34. The summed E-state index contributed by atoms with van der Waals surface area (Å²) >= 11 is 0. The van der Waals surface area contributed by atoms with Crippen LogP contribution >= 0.6 is 0 Å². The zero-order valence-corrected chi connectivity index (χ0v) is 7.53. The highest BCUT2D eigenvalue weighted by Gasteiger charge is 2.44. The minimum atomic E-state index is -0.951. The van der Waals surface area contributed by atoms with Gasteiger partial charge in [-0.05, 0) is 20.3 Å². The largest absolute Gasteiger partial charge is 0.479 e. The number of carboxylic acids is 1. The summed E-state index contributed by atoms with van der Waals surface area (Å²) in [5.74, 6) is -1.71. The van der Waals surface area contributed by atoms with E-state index in [1.165, 1.54) is 0 Å². The summed E-state index contributed by atoms with van der Waals surface area (Å²) in [6.45, 7) is 5.32. The molecule has 12 heavy (non-hydrogen) atoms. The average Bonchev–Trinajstić information content (AvgIpc) is 2.25. The molecule has 1 heterocycles. The number of rotatable bonds is 2. The zero-order chi connectivity index (χ0) is 9.35. The molecule has 0 aromatic rings. The molecule has 0 saturated carbocycles. The third-order valence-electron chi connectivity index (χ3n) is 1.83. The summed E-state index contributed by atoms with van der Waals surface area (Å²) in [6, 6.07) is 0. The number of carboxylic acid groups (broad SMARTS) is 1. The van der Waals surface area contributed by atoms with E-state index in [-0.39, 0.29) is 6.10 Å². The van der Waals surface area contributed by atoms with Crippen molar-refractivity contribution in [3.63, 3.8) is 0 Å². The van der Waals surface area contributed by atoms with Gasteiger partial charge in [0.05, 0.1) is 6.10 Å². The smallest absolute Gasteiger partial charge is 0.335 e. The molecule has 4 heteroatoms. The molecule has 1 aliphatic heterocycles. The van der Waals surface area contributed by atoms with Crippen LogP contribution < -0.4 is 0 Å². The van der Waals surface area contributed by atoms with Crippen molar-refractivity contribution in [3.8, 4) is 0 Å². The molecule has 1 N–H and O–H groups in total. The molecular formula is C8H14O4. The number of aliphatic carboxylic acids is 1. The van der Waals surface area contributed by atoms with Gasteiger partial charge in [0.15, 0.2) is 11.9 Å². The Morgan fingerprint density at radius 1 is 1.50 bits per heavy atom. The van der Waals surface area contributed by atoms with E-state index < -0.39 is 17.9 Å².